The van der Waals surface area contributed by atoms with E-state index in [9.17, 15) is 19.7 Å². The Morgan fingerprint density at radius 3 is 2.67 bits per heavy atom. The van der Waals surface area contributed by atoms with E-state index in [-0.39, 0.29) is 17.5 Å². The van der Waals surface area contributed by atoms with Gasteiger partial charge in [-0.1, -0.05) is 12.1 Å². The van der Waals surface area contributed by atoms with E-state index in [1.807, 2.05) is 31.2 Å². The van der Waals surface area contributed by atoms with Crippen molar-refractivity contribution >= 4 is 35.0 Å². The fraction of sp³-hybridized carbons (Fsp3) is 0.185. The van der Waals surface area contributed by atoms with Gasteiger partial charge in [0.25, 0.3) is 11.6 Å². The van der Waals surface area contributed by atoms with E-state index in [0.29, 0.717) is 35.8 Å². The highest BCUT2D eigenvalue weighted by molar-refractivity contribution is 6.03. The lowest BCUT2D eigenvalue weighted by molar-refractivity contribution is -0.384. The van der Waals surface area contributed by atoms with Gasteiger partial charge in [0, 0.05) is 30.0 Å². The van der Waals surface area contributed by atoms with Crippen molar-refractivity contribution in [1.29, 1.82) is 0 Å². The summed E-state index contributed by atoms with van der Waals surface area (Å²) in [5.41, 5.74) is 2.83. The number of amides is 2. The summed E-state index contributed by atoms with van der Waals surface area (Å²) in [6.45, 7) is 4.32. The third-order valence-electron chi connectivity index (χ3n) is 5.54. The molecule has 3 aromatic rings. The Balaban J connectivity index is 1.41. The first-order valence-electron chi connectivity index (χ1n) is 11.4. The molecule has 0 fully saturated rings. The SMILES string of the molecule is Cc1cccc(OCCN2C(=O)C(C)Oc3cc(NC(=O)/C=C/c4ccc([N+](=O)[O-])cc4)ccc32)c1. The first-order valence-corrected chi connectivity index (χ1v) is 11.4. The number of non-ortho nitro benzene ring substituents is 1. The molecule has 3 aromatic carbocycles. The summed E-state index contributed by atoms with van der Waals surface area (Å²) in [6.07, 6.45) is 2.22. The van der Waals surface area contributed by atoms with Gasteiger partial charge in [-0.05, 0) is 67.4 Å². The van der Waals surface area contributed by atoms with Crippen LogP contribution in [-0.4, -0.2) is 36.0 Å². The van der Waals surface area contributed by atoms with Crippen molar-refractivity contribution in [3.8, 4) is 11.5 Å². The molecule has 9 heteroatoms. The van der Waals surface area contributed by atoms with Gasteiger partial charge in [0.2, 0.25) is 5.91 Å². The molecular weight excluding hydrogens is 462 g/mol. The summed E-state index contributed by atoms with van der Waals surface area (Å²) in [5.74, 6) is 0.674. The number of nitrogens with one attached hydrogen (secondary N) is 1. The van der Waals surface area contributed by atoms with E-state index in [4.69, 9.17) is 9.47 Å². The molecule has 1 atom stereocenters. The molecule has 1 aliphatic rings. The van der Waals surface area contributed by atoms with Crippen molar-refractivity contribution in [2.24, 2.45) is 0 Å². The first-order chi connectivity index (χ1) is 17.3. The quantitative estimate of drug-likeness (QED) is 0.279. The van der Waals surface area contributed by atoms with Crippen LogP contribution in [0, 0.1) is 17.0 Å². The summed E-state index contributed by atoms with van der Waals surface area (Å²) in [6, 6.07) is 18.7. The number of anilines is 2. The van der Waals surface area contributed by atoms with Crippen molar-refractivity contribution in [2.45, 2.75) is 20.0 Å². The van der Waals surface area contributed by atoms with Crippen LogP contribution in [0.3, 0.4) is 0 Å². The van der Waals surface area contributed by atoms with Crippen LogP contribution in [0.25, 0.3) is 6.08 Å². The van der Waals surface area contributed by atoms with Crippen LogP contribution >= 0.6 is 0 Å². The van der Waals surface area contributed by atoms with Crippen LogP contribution in [0.2, 0.25) is 0 Å². The van der Waals surface area contributed by atoms with Gasteiger partial charge in [0.1, 0.15) is 18.1 Å². The zero-order chi connectivity index (χ0) is 25.7. The van der Waals surface area contributed by atoms with Crippen molar-refractivity contribution in [1.82, 2.24) is 0 Å². The minimum absolute atomic E-state index is 0.0193. The molecule has 1 heterocycles. The highest BCUT2D eigenvalue weighted by Gasteiger charge is 2.31. The molecule has 0 bridgehead atoms. The standard InChI is InChI=1S/C27H25N3O6/c1-18-4-3-5-23(16-18)35-15-14-29-24-12-9-21(17-25(24)36-19(2)27(29)32)28-26(31)13-8-20-6-10-22(11-7-20)30(33)34/h3-13,16-17,19H,14-15H2,1-2H3,(H,28,31)/b13-8+. The van der Waals surface area contributed by atoms with E-state index >= 15 is 0 Å². The number of fused-ring (bicyclic) bond motifs is 1. The summed E-state index contributed by atoms with van der Waals surface area (Å²) in [4.78, 5) is 37.0. The van der Waals surface area contributed by atoms with Gasteiger partial charge < -0.3 is 19.7 Å². The average Bonchev–Trinajstić information content (AvgIpc) is 2.85. The summed E-state index contributed by atoms with van der Waals surface area (Å²) in [7, 11) is 0. The fourth-order valence-electron chi connectivity index (χ4n) is 3.74. The Morgan fingerprint density at radius 2 is 1.94 bits per heavy atom. The topological polar surface area (TPSA) is 111 Å². The maximum absolute atomic E-state index is 12.8. The van der Waals surface area contributed by atoms with Gasteiger partial charge >= 0.3 is 0 Å². The zero-order valence-electron chi connectivity index (χ0n) is 19.8. The molecule has 184 valence electrons. The van der Waals surface area contributed by atoms with Crippen LogP contribution in [-0.2, 0) is 9.59 Å². The zero-order valence-corrected chi connectivity index (χ0v) is 19.8. The summed E-state index contributed by atoms with van der Waals surface area (Å²) < 4.78 is 11.6. The monoisotopic (exact) mass is 487 g/mol. The van der Waals surface area contributed by atoms with Gasteiger partial charge in [0.05, 0.1) is 17.2 Å². The molecule has 0 aromatic heterocycles. The Hall–Kier alpha value is -4.66. The Morgan fingerprint density at radius 1 is 1.17 bits per heavy atom. The molecule has 0 spiro atoms. The number of hydrogen-bond donors (Lipinski definition) is 1. The lowest BCUT2D eigenvalue weighted by atomic mass is 10.1. The molecule has 1 unspecified atom stereocenters. The normalized spacial score (nSPS) is 14.8. The number of benzene rings is 3. The number of carbonyl (C=O) groups is 2. The minimum Gasteiger partial charge on any atom is -0.492 e. The molecule has 9 nitrogen and oxygen atoms in total. The molecule has 0 radical (unpaired) electrons. The fourth-order valence-corrected chi connectivity index (χ4v) is 3.74. The van der Waals surface area contributed by atoms with E-state index < -0.39 is 11.0 Å². The van der Waals surface area contributed by atoms with E-state index in [1.54, 1.807) is 48.2 Å². The number of hydrogen-bond acceptors (Lipinski definition) is 6. The minimum atomic E-state index is -0.676. The van der Waals surface area contributed by atoms with E-state index in [0.717, 1.165) is 11.3 Å². The Labute approximate surface area is 208 Å². The number of carbonyl (C=O) groups excluding carboxylic acids is 2. The molecule has 0 saturated carbocycles. The lowest BCUT2D eigenvalue weighted by Crippen LogP contribution is -2.46. The number of nitro groups is 1. The number of nitrogens with zero attached hydrogens (tertiary/aromatic N) is 2. The van der Waals surface area contributed by atoms with Crippen LogP contribution < -0.4 is 19.7 Å². The largest absolute Gasteiger partial charge is 0.492 e. The molecule has 36 heavy (non-hydrogen) atoms. The number of aryl methyl sites for hydroxylation is 1. The van der Waals surface area contributed by atoms with Crippen molar-refractivity contribution < 1.29 is 24.0 Å². The predicted octanol–water partition coefficient (Wildman–Crippen LogP) is 4.75. The predicted molar refractivity (Wildman–Crippen MR) is 136 cm³/mol. The summed E-state index contributed by atoms with van der Waals surface area (Å²) in [5, 5.41) is 13.5. The molecule has 4 rings (SSSR count). The van der Waals surface area contributed by atoms with Gasteiger partial charge in [0.15, 0.2) is 6.10 Å². The number of nitro benzene ring substituents is 1. The second-order valence-corrected chi connectivity index (χ2v) is 8.27. The molecule has 0 aliphatic carbocycles. The van der Waals surface area contributed by atoms with Gasteiger partial charge in [-0.3, -0.25) is 19.7 Å². The molecule has 1 aliphatic heterocycles. The Kier molecular flexibility index (Phi) is 7.29. The Bertz CT molecular complexity index is 1320. The van der Waals surface area contributed by atoms with Crippen molar-refractivity contribution in [3.63, 3.8) is 0 Å². The van der Waals surface area contributed by atoms with Crippen molar-refractivity contribution in [2.75, 3.05) is 23.4 Å². The van der Waals surface area contributed by atoms with Crippen LogP contribution in [0.15, 0.2) is 72.8 Å². The van der Waals surface area contributed by atoms with Crippen LogP contribution in [0.5, 0.6) is 11.5 Å². The lowest BCUT2D eigenvalue weighted by Gasteiger charge is -2.33. The van der Waals surface area contributed by atoms with Crippen LogP contribution in [0.1, 0.15) is 18.1 Å². The highest BCUT2D eigenvalue weighted by atomic mass is 16.6. The van der Waals surface area contributed by atoms with Crippen molar-refractivity contribution in [3.05, 3.63) is 94.0 Å². The van der Waals surface area contributed by atoms with Gasteiger partial charge in [-0.15, -0.1) is 0 Å². The second kappa shape index (κ2) is 10.7. The highest BCUT2D eigenvalue weighted by Crippen LogP contribution is 2.36. The van der Waals surface area contributed by atoms with E-state index in [2.05, 4.69) is 5.32 Å². The molecule has 2 amide bonds. The third kappa shape index (κ3) is 5.87. The van der Waals surface area contributed by atoms with Gasteiger partial charge in [-0.25, -0.2) is 0 Å². The third-order valence-corrected chi connectivity index (χ3v) is 5.54. The van der Waals surface area contributed by atoms with E-state index in [1.165, 1.54) is 18.2 Å². The maximum atomic E-state index is 12.8. The smallest absolute Gasteiger partial charge is 0.269 e. The summed E-state index contributed by atoms with van der Waals surface area (Å²) >= 11 is 0. The van der Waals surface area contributed by atoms with Crippen LogP contribution in [0.4, 0.5) is 17.1 Å². The van der Waals surface area contributed by atoms with Gasteiger partial charge in [-0.2, -0.15) is 0 Å². The number of ether oxygens (including phenoxy) is 2. The average molecular weight is 488 g/mol. The maximum Gasteiger partial charge on any atom is 0.269 e. The molecule has 0 saturated heterocycles. The number of rotatable bonds is 8. The molecule has 1 N–H and O–H groups in total. The second-order valence-electron chi connectivity index (χ2n) is 8.27. The molecular formula is C27H25N3O6. The first kappa shape index (κ1) is 24.5.